The van der Waals surface area contributed by atoms with E-state index in [0.717, 1.165) is 94.1 Å². The predicted octanol–water partition coefficient (Wildman–Crippen LogP) is 18.9. The molecule has 1 atom stereocenters. The van der Waals surface area contributed by atoms with Gasteiger partial charge in [0.25, 0.3) is 0 Å². The van der Waals surface area contributed by atoms with Gasteiger partial charge in [-0.3, -0.25) is 4.90 Å². The molecule has 12 heterocycles. The van der Waals surface area contributed by atoms with Gasteiger partial charge in [0.05, 0.1) is 71.8 Å². The fourth-order valence-corrected chi connectivity index (χ4v) is 14.8. The first-order chi connectivity index (χ1) is 54.1. The number of piperidine rings is 3. The first-order valence-corrected chi connectivity index (χ1v) is 41.8. The summed E-state index contributed by atoms with van der Waals surface area (Å²) in [7, 11) is 0. The Bertz CT molecular complexity index is 4190. The lowest BCUT2D eigenvalue weighted by Gasteiger charge is -2.39. The molecule has 0 saturated carbocycles. The zero-order chi connectivity index (χ0) is 79.9. The van der Waals surface area contributed by atoms with Gasteiger partial charge in [0, 0.05) is 146 Å². The van der Waals surface area contributed by atoms with Gasteiger partial charge in [-0.05, 0) is 222 Å². The Morgan fingerprint density at radius 2 is 0.531 bits per heavy atom. The van der Waals surface area contributed by atoms with E-state index < -0.39 is 0 Å². The zero-order valence-corrected chi connectivity index (χ0v) is 70.9. The largest absolute Gasteiger partial charge is 0.372 e. The van der Waals surface area contributed by atoms with Crippen molar-refractivity contribution in [3.8, 4) is 28.7 Å². The van der Waals surface area contributed by atoms with Crippen LogP contribution in [0, 0.1) is 0 Å². The standard InChI is InChI=1S/C24H31N5.2C18H25N3.2C17H24N4/c1-19(20-8-6-5-7-9-20)27-12-14-28(15-13-27)22-10-11-23(25-17-22)29-18-21(16-26-29)24(2,3)4;2*1-18(2,3)15-13-19-21(14-15)17-9-7-16(8-10-17)20-11-5-4-6-12-20;1-17(2,3)14-12-19-21(13-14)16-6-4-15(5-7-16)20-10-8-18-9-11-20;1-17(2,3)14-11-19-21(13-14)16-8-7-15(12-18-16)20-9-5-4-6-10-20/h5-11,16-19H,12-15H2,1-4H3;2*7-10,13-14H,4-6,11-12H2,1-3H3;4-7,12-13,18H,8-11H2,1-3H3;7-8,11-13H,4-6,9-10H2,1-3H3. The molecule has 16 rings (SSSR count). The lowest BCUT2D eigenvalue weighted by atomic mass is 9.90. The van der Waals surface area contributed by atoms with Crippen LogP contribution in [0.3, 0.4) is 0 Å². The highest BCUT2D eigenvalue weighted by molar-refractivity contribution is 5.55. The summed E-state index contributed by atoms with van der Waals surface area (Å²) in [6.07, 6.45) is 36.2. The van der Waals surface area contributed by atoms with Crippen molar-refractivity contribution in [1.82, 2.24) is 69.1 Å². The van der Waals surface area contributed by atoms with Gasteiger partial charge in [-0.1, -0.05) is 134 Å². The van der Waals surface area contributed by atoms with Crippen molar-refractivity contribution in [1.29, 1.82) is 0 Å². The third-order valence-electron chi connectivity index (χ3n) is 22.7. The Kier molecular flexibility index (Phi) is 27.0. The average Bonchev–Trinajstić information content (AvgIpc) is 1.75. The summed E-state index contributed by atoms with van der Waals surface area (Å²) in [5.41, 5.74) is 18.0. The summed E-state index contributed by atoms with van der Waals surface area (Å²) in [6.45, 7) is 50.9. The molecule has 0 aliphatic carbocycles. The zero-order valence-electron chi connectivity index (χ0n) is 70.9. The third-order valence-corrected chi connectivity index (χ3v) is 22.7. The van der Waals surface area contributed by atoms with Gasteiger partial charge < -0.3 is 29.8 Å². The quantitative estimate of drug-likeness (QED) is 0.124. The summed E-state index contributed by atoms with van der Waals surface area (Å²) in [6, 6.07) is 45.9. The highest BCUT2D eigenvalue weighted by Crippen LogP contribution is 2.32. The molecule has 1 unspecified atom stereocenters. The van der Waals surface area contributed by atoms with Crippen LogP contribution in [0.5, 0.6) is 0 Å². The van der Waals surface area contributed by atoms with Crippen molar-refractivity contribution >= 4 is 28.4 Å². The van der Waals surface area contributed by atoms with E-state index in [-0.39, 0.29) is 27.1 Å². The number of pyridine rings is 2. The van der Waals surface area contributed by atoms with Crippen LogP contribution >= 0.6 is 0 Å². The maximum atomic E-state index is 4.67. The fourth-order valence-electron chi connectivity index (χ4n) is 14.8. The Morgan fingerprint density at radius 1 is 0.265 bits per heavy atom. The van der Waals surface area contributed by atoms with Crippen molar-refractivity contribution in [3.05, 3.63) is 235 Å². The van der Waals surface area contributed by atoms with Crippen LogP contribution in [0.2, 0.25) is 0 Å². The van der Waals surface area contributed by atoms with Crippen molar-refractivity contribution in [3.63, 3.8) is 0 Å². The highest BCUT2D eigenvalue weighted by atomic mass is 15.3. The smallest absolute Gasteiger partial charge is 0.153 e. The summed E-state index contributed by atoms with van der Waals surface area (Å²) in [5.74, 6) is 1.74. The normalized spacial score (nSPS) is 16.4. The van der Waals surface area contributed by atoms with Gasteiger partial charge in [0.2, 0.25) is 0 Å². The molecule has 0 radical (unpaired) electrons. The number of rotatable bonds is 12. The van der Waals surface area contributed by atoms with E-state index in [1.807, 2.05) is 66.8 Å². The predicted molar refractivity (Wildman–Crippen MR) is 469 cm³/mol. The number of nitrogens with zero attached hydrogens (tertiary/aromatic N) is 18. The summed E-state index contributed by atoms with van der Waals surface area (Å²) < 4.78 is 9.63. The molecule has 0 spiro atoms. The molecule has 5 aliphatic rings. The molecular formula is C94H129N19. The van der Waals surface area contributed by atoms with Gasteiger partial charge in [-0.15, -0.1) is 0 Å². The van der Waals surface area contributed by atoms with E-state index in [1.54, 1.807) is 0 Å². The van der Waals surface area contributed by atoms with Crippen molar-refractivity contribution in [2.45, 2.75) is 202 Å². The summed E-state index contributed by atoms with van der Waals surface area (Å²) in [5, 5.41) is 25.8. The fraction of sp³-hybridized carbons (Fsp3) is 0.479. The van der Waals surface area contributed by atoms with Crippen LogP contribution in [-0.2, 0) is 27.1 Å². The molecule has 4 aromatic carbocycles. The second-order valence-corrected chi connectivity index (χ2v) is 36.4. The molecule has 5 saturated heterocycles. The Morgan fingerprint density at radius 3 is 0.823 bits per heavy atom. The SMILES string of the molecule is CC(C)(C)c1cnn(-c2ccc(N3CCCCC3)cc2)c1.CC(C)(C)c1cnn(-c2ccc(N3CCCCC3)cc2)c1.CC(C)(C)c1cnn(-c2ccc(N3CCCCC3)cn2)c1.CC(C)(C)c1cnn(-c2ccc(N3CCNCC3)cc2)c1.CC(c1ccccc1)N1CCN(c2ccc(-n3cc(C(C)(C)C)cn3)nc2)CC1. The molecule has 113 heavy (non-hydrogen) atoms. The lowest BCUT2D eigenvalue weighted by molar-refractivity contribution is 0.198. The van der Waals surface area contributed by atoms with Crippen LogP contribution in [0.1, 0.15) is 208 Å². The number of anilines is 5. The molecule has 7 aromatic heterocycles. The number of piperazine rings is 2. The van der Waals surface area contributed by atoms with E-state index in [1.165, 1.54) is 146 Å². The molecule has 1 N–H and O–H groups in total. The molecule has 0 bridgehead atoms. The molecule has 19 heteroatoms. The number of aromatic nitrogens is 12. The van der Waals surface area contributed by atoms with Crippen LogP contribution in [0.4, 0.5) is 28.4 Å². The maximum absolute atomic E-state index is 4.67. The third kappa shape index (κ3) is 22.6. The van der Waals surface area contributed by atoms with E-state index >= 15 is 0 Å². The molecule has 5 aliphatic heterocycles. The van der Waals surface area contributed by atoms with E-state index in [9.17, 15) is 0 Å². The molecule has 600 valence electrons. The maximum Gasteiger partial charge on any atom is 0.153 e. The van der Waals surface area contributed by atoms with Gasteiger partial charge >= 0.3 is 0 Å². The minimum Gasteiger partial charge on any atom is -0.372 e. The molecular weight excluding hydrogens is 1400 g/mol. The summed E-state index contributed by atoms with van der Waals surface area (Å²) >= 11 is 0. The Labute approximate surface area is 675 Å². The monoisotopic (exact) mass is 1520 g/mol. The number of nitrogens with one attached hydrogen (secondary N) is 1. The summed E-state index contributed by atoms with van der Waals surface area (Å²) in [4.78, 5) is 24.0. The van der Waals surface area contributed by atoms with Gasteiger partial charge in [-0.25, -0.2) is 33.4 Å². The van der Waals surface area contributed by atoms with E-state index in [4.69, 9.17) is 0 Å². The van der Waals surface area contributed by atoms with Gasteiger partial charge in [-0.2, -0.15) is 25.5 Å². The molecule has 0 amide bonds. The first-order valence-electron chi connectivity index (χ1n) is 41.8. The molecule has 5 fully saturated rings. The number of hydrogen-bond donors (Lipinski definition) is 1. The van der Waals surface area contributed by atoms with Crippen LogP contribution in [-0.4, -0.2) is 155 Å². The number of benzene rings is 4. The van der Waals surface area contributed by atoms with Crippen molar-refractivity contribution in [2.75, 3.05) is 116 Å². The van der Waals surface area contributed by atoms with Crippen molar-refractivity contribution in [2.24, 2.45) is 0 Å². The average molecular weight is 1530 g/mol. The van der Waals surface area contributed by atoms with Crippen molar-refractivity contribution < 1.29 is 0 Å². The second-order valence-electron chi connectivity index (χ2n) is 36.4. The Balaban J connectivity index is 0.000000132. The van der Waals surface area contributed by atoms with Gasteiger partial charge in [0.15, 0.2) is 11.6 Å². The molecule has 19 nitrogen and oxygen atoms in total. The van der Waals surface area contributed by atoms with Crippen LogP contribution in [0.15, 0.2) is 202 Å². The lowest BCUT2D eigenvalue weighted by Crippen LogP contribution is -2.47. The Hall–Kier alpha value is -9.85. The van der Waals surface area contributed by atoms with Gasteiger partial charge in [0.1, 0.15) is 0 Å². The van der Waals surface area contributed by atoms with E-state index in [0.29, 0.717) is 6.04 Å². The second kappa shape index (κ2) is 37.0. The molecule has 11 aromatic rings. The van der Waals surface area contributed by atoms with Crippen LogP contribution < -0.4 is 29.8 Å². The first kappa shape index (κ1) is 82.6. The van der Waals surface area contributed by atoms with Crippen LogP contribution in [0.25, 0.3) is 28.7 Å². The minimum atomic E-state index is 0.0920. The topological polar surface area (TPSA) is 146 Å². The number of hydrogen-bond acceptors (Lipinski definition) is 14. The minimum absolute atomic E-state index is 0.0920. The van der Waals surface area contributed by atoms with E-state index in [2.05, 4.69) is 339 Å². The highest BCUT2D eigenvalue weighted by Gasteiger charge is 2.26.